The minimum absolute atomic E-state index is 0.312. The molecule has 2 N–H and O–H groups in total. The molecule has 1 fully saturated rings. The third kappa shape index (κ3) is 6.99. The standard InChI is InChI=1S/C23H27ClN6O3.C2HF3O2/c1-15(2)8-11-29-19-20(26-22(29)28-12-9-25-10-13-28)27(3)23(33)30(21(19)32)14-18(31)16-4-6-17(24)7-5-16;3-2(4,5)1(6)7/h4-8,25H,9-14H2,1-3H3;(H,6,7). The molecule has 0 spiro atoms. The molecule has 0 amide bonds. The van der Waals surface area contributed by atoms with E-state index in [0.717, 1.165) is 36.3 Å². The number of halogens is 4. The lowest BCUT2D eigenvalue weighted by atomic mass is 10.1. The Kier molecular flexibility index (Phi) is 9.58. The summed E-state index contributed by atoms with van der Waals surface area (Å²) in [5.74, 6) is -2.45. The number of hydrogen-bond acceptors (Lipinski definition) is 7. The Morgan fingerprint density at radius 3 is 2.20 bits per heavy atom. The Morgan fingerprint density at radius 2 is 1.68 bits per heavy atom. The van der Waals surface area contributed by atoms with Crippen LogP contribution >= 0.6 is 11.6 Å². The number of nitrogens with one attached hydrogen (secondary N) is 1. The third-order valence-corrected chi connectivity index (χ3v) is 6.26. The second kappa shape index (κ2) is 12.5. The van der Waals surface area contributed by atoms with E-state index in [1.807, 2.05) is 24.5 Å². The van der Waals surface area contributed by atoms with Crippen LogP contribution in [0.15, 0.2) is 45.5 Å². The number of ketones is 1. The molecule has 3 heterocycles. The molecule has 11 nitrogen and oxygen atoms in total. The number of rotatable bonds is 6. The van der Waals surface area contributed by atoms with E-state index in [9.17, 15) is 27.6 Å². The summed E-state index contributed by atoms with van der Waals surface area (Å²) in [6, 6.07) is 6.38. The maximum absolute atomic E-state index is 13.5. The summed E-state index contributed by atoms with van der Waals surface area (Å²) in [6.07, 6.45) is -3.07. The van der Waals surface area contributed by atoms with Crippen molar-refractivity contribution >= 4 is 40.5 Å². The van der Waals surface area contributed by atoms with Gasteiger partial charge < -0.3 is 19.9 Å². The lowest BCUT2D eigenvalue weighted by molar-refractivity contribution is -0.192. The minimum atomic E-state index is -5.08. The number of carboxylic acids is 1. The number of hydrogen-bond donors (Lipinski definition) is 2. The number of alkyl halides is 3. The van der Waals surface area contributed by atoms with Gasteiger partial charge in [-0.2, -0.15) is 18.2 Å². The van der Waals surface area contributed by atoms with Crippen LogP contribution in [0.3, 0.4) is 0 Å². The first-order valence-corrected chi connectivity index (χ1v) is 12.5. The molecular formula is C25H28ClF3N6O5. The third-order valence-electron chi connectivity index (χ3n) is 6.00. The van der Waals surface area contributed by atoms with Gasteiger partial charge in [0.15, 0.2) is 16.9 Å². The Bertz CT molecular complexity index is 1550. The number of imidazole rings is 1. The molecule has 0 radical (unpaired) electrons. The van der Waals surface area contributed by atoms with Gasteiger partial charge in [0.25, 0.3) is 5.56 Å². The summed E-state index contributed by atoms with van der Waals surface area (Å²) in [5, 5.41) is 10.9. The number of carbonyl (C=O) groups excluding carboxylic acids is 1. The van der Waals surface area contributed by atoms with Crippen LogP contribution in [0.1, 0.15) is 24.2 Å². The maximum atomic E-state index is 13.5. The lowest BCUT2D eigenvalue weighted by Crippen LogP contribution is -2.44. The van der Waals surface area contributed by atoms with Gasteiger partial charge in [0.1, 0.15) is 0 Å². The molecule has 0 saturated carbocycles. The van der Waals surface area contributed by atoms with E-state index in [-0.39, 0.29) is 12.3 Å². The Balaban J connectivity index is 0.000000559. The van der Waals surface area contributed by atoms with E-state index in [2.05, 4.69) is 10.2 Å². The van der Waals surface area contributed by atoms with Crippen molar-refractivity contribution in [3.8, 4) is 0 Å². The van der Waals surface area contributed by atoms with Gasteiger partial charge in [0.2, 0.25) is 5.95 Å². The van der Waals surface area contributed by atoms with Crippen molar-refractivity contribution in [1.82, 2.24) is 24.0 Å². The zero-order valence-corrected chi connectivity index (χ0v) is 22.7. The number of carboxylic acid groups (broad SMARTS) is 1. The topological polar surface area (TPSA) is 131 Å². The normalized spacial score (nSPS) is 13.5. The minimum Gasteiger partial charge on any atom is -0.475 e. The largest absolute Gasteiger partial charge is 0.490 e. The van der Waals surface area contributed by atoms with E-state index < -0.39 is 23.4 Å². The average molecular weight is 585 g/mol. The van der Waals surface area contributed by atoms with Crippen LogP contribution in [0.4, 0.5) is 19.1 Å². The summed E-state index contributed by atoms with van der Waals surface area (Å²) in [6.45, 7) is 7.17. The second-order valence-corrected chi connectivity index (χ2v) is 9.62. The van der Waals surface area contributed by atoms with Gasteiger partial charge in [0.05, 0.1) is 6.54 Å². The van der Waals surface area contributed by atoms with Crippen molar-refractivity contribution in [2.45, 2.75) is 33.1 Å². The van der Waals surface area contributed by atoms with Crippen LogP contribution in [-0.4, -0.2) is 67.9 Å². The fraction of sp³-hybridized carbons (Fsp3) is 0.400. The molecule has 0 aliphatic carbocycles. The zero-order valence-electron chi connectivity index (χ0n) is 22.0. The highest BCUT2D eigenvalue weighted by Crippen LogP contribution is 2.21. The first-order valence-electron chi connectivity index (χ1n) is 12.1. The monoisotopic (exact) mass is 584 g/mol. The van der Waals surface area contributed by atoms with Crippen LogP contribution in [0.5, 0.6) is 0 Å². The molecule has 0 atom stereocenters. The number of carbonyl (C=O) groups is 2. The van der Waals surface area contributed by atoms with Gasteiger partial charge in [-0.3, -0.25) is 18.7 Å². The van der Waals surface area contributed by atoms with Gasteiger partial charge in [-0.15, -0.1) is 0 Å². The summed E-state index contributed by atoms with van der Waals surface area (Å²) in [4.78, 5) is 55.1. The van der Waals surface area contributed by atoms with Gasteiger partial charge in [0, 0.05) is 50.4 Å². The molecule has 15 heteroatoms. The molecule has 2 aromatic heterocycles. The fourth-order valence-electron chi connectivity index (χ4n) is 3.92. The van der Waals surface area contributed by atoms with Crippen molar-refractivity contribution in [1.29, 1.82) is 0 Å². The molecule has 3 aromatic rings. The van der Waals surface area contributed by atoms with Crippen molar-refractivity contribution < 1.29 is 27.9 Å². The molecule has 0 unspecified atom stereocenters. The summed E-state index contributed by atoms with van der Waals surface area (Å²) in [5.41, 5.74) is 1.02. The highest BCUT2D eigenvalue weighted by molar-refractivity contribution is 6.30. The van der Waals surface area contributed by atoms with Crippen molar-refractivity contribution in [3.63, 3.8) is 0 Å². The van der Waals surface area contributed by atoms with Gasteiger partial charge >= 0.3 is 17.8 Å². The molecule has 1 aromatic carbocycles. The smallest absolute Gasteiger partial charge is 0.475 e. The van der Waals surface area contributed by atoms with Crippen molar-refractivity contribution in [3.05, 3.63) is 67.3 Å². The first kappa shape index (κ1) is 30.6. The number of aryl methyl sites for hydroxylation is 1. The quantitative estimate of drug-likeness (QED) is 0.334. The number of benzene rings is 1. The molecule has 0 bridgehead atoms. The van der Waals surface area contributed by atoms with E-state index in [0.29, 0.717) is 34.2 Å². The van der Waals surface area contributed by atoms with Gasteiger partial charge in [-0.05, 0) is 38.1 Å². The van der Waals surface area contributed by atoms with Crippen LogP contribution in [0.25, 0.3) is 11.2 Å². The molecule has 1 saturated heterocycles. The molecule has 216 valence electrons. The number of anilines is 1. The number of allylic oxidation sites excluding steroid dienone is 2. The highest BCUT2D eigenvalue weighted by Gasteiger charge is 2.38. The average Bonchev–Trinajstić information content (AvgIpc) is 3.29. The van der Waals surface area contributed by atoms with E-state index in [1.165, 1.54) is 4.57 Å². The molecule has 1 aliphatic rings. The number of aliphatic carboxylic acids is 1. The second-order valence-electron chi connectivity index (χ2n) is 9.18. The lowest BCUT2D eigenvalue weighted by Gasteiger charge is -2.28. The molecular weight excluding hydrogens is 557 g/mol. The van der Waals surface area contributed by atoms with Gasteiger partial charge in [-0.1, -0.05) is 23.3 Å². The SMILES string of the molecule is CC(C)=CCn1c(N2CCNCC2)nc2c1c(=O)n(CC(=O)c1ccc(Cl)cc1)c(=O)n2C.O=C(O)C(F)(F)F. The molecule has 40 heavy (non-hydrogen) atoms. The predicted molar refractivity (Wildman–Crippen MR) is 143 cm³/mol. The van der Waals surface area contributed by atoms with Crippen molar-refractivity contribution in [2.75, 3.05) is 31.1 Å². The zero-order chi connectivity index (χ0) is 29.8. The van der Waals surface area contributed by atoms with Gasteiger partial charge in [-0.25, -0.2) is 9.59 Å². The van der Waals surface area contributed by atoms with E-state index in [1.54, 1.807) is 31.3 Å². The van der Waals surface area contributed by atoms with E-state index >= 15 is 0 Å². The number of nitrogens with zero attached hydrogens (tertiary/aromatic N) is 5. The Hall–Kier alpha value is -3.91. The molecule has 4 rings (SSSR count). The Morgan fingerprint density at radius 1 is 1.10 bits per heavy atom. The predicted octanol–water partition coefficient (Wildman–Crippen LogP) is 2.44. The van der Waals surface area contributed by atoms with Crippen LogP contribution in [0.2, 0.25) is 5.02 Å². The summed E-state index contributed by atoms with van der Waals surface area (Å²) in [7, 11) is 1.58. The van der Waals surface area contributed by atoms with E-state index in [4.69, 9.17) is 26.5 Å². The number of piperazine rings is 1. The van der Waals surface area contributed by atoms with Crippen LogP contribution in [-0.2, 0) is 24.9 Å². The van der Waals surface area contributed by atoms with Crippen LogP contribution in [0, 0.1) is 0 Å². The summed E-state index contributed by atoms with van der Waals surface area (Å²) < 4.78 is 35.9. The maximum Gasteiger partial charge on any atom is 0.490 e. The number of Topliss-reactive ketones (excluding diaryl/α,β-unsaturated/α-hetero) is 1. The van der Waals surface area contributed by atoms with Crippen molar-refractivity contribution in [2.24, 2.45) is 7.05 Å². The Labute approximate surface area is 231 Å². The highest BCUT2D eigenvalue weighted by atomic mass is 35.5. The summed E-state index contributed by atoms with van der Waals surface area (Å²) >= 11 is 5.91. The number of aromatic nitrogens is 4. The van der Waals surface area contributed by atoms with Crippen LogP contribution < -0.4 is 21.5 Å². The fourth-order valence-corrected chi connectivity index (χ4v) is 4.05. The molecule has 1 aliphatic heterocycles. The number of fused-ring (bicyclic) bond motifs is 1. The first-order chi connectivity index (χ1) is 18.7.